The second-order valence-electron chi connectivity index (χ2n) is 6.54. The molecule has 2 aromatic rings. The standard InChI is InChI=1S/C20H20N2O4S/c1-11-6-5-7-16(13(11)3)22-12(2)8-15(14(22)4)9-17-19(25)21(10-18(23)24)20(26)27-17/h5-9H,10H2,1-4H3,(H,23,24)/b17-9+. The van der Waals surface area contributed by atoms with Crippen molar-refractivity contribution in [1.29, 1.82) is 0 Å². The molecule has 0 aliphatic carbocycles. The lowest BCUT2D eigenvalue weighted by molar-refractivity contribution is -0.140. The Morgan fingerprint density at radius 1 is 1.19 bits per heavy atom. The molecule has 0 spiro atoms. The monoisotopic (exact) mass is 384 g/mol. The minimum absolute atomic E-state index is 0.238. The van der Waals surface area contributed by atoms with Crippen LogP contribution in [0.25, 0.3) is 11.8 Å². The summed E-state index contributed by atoms with van der Waals surface area (Å²) >= 11 is 0.770. The molecule has 27 heavy (non-hydrogen) atoms. The van der Waals surface area contributed by atoms with Crippen molar-refractivity contribution < 1.29 is 19.5 Å². The molecule has 2 heterocycles. The lowest BCUT2D eigenvalue weighted by atomic mass is 10.1. The van der Waals surface area contributed by atoms with Crippen LogP contribution in [0.1, 0.15) is 28.1 Å². The number of carboxylic acid groups (broad SMARTS) is 1. The Labute approximate surface area is 161 Å². The van der Waals surface area contributed by atoms with Gasteiger partial charge in [-0.2, -0.15) is 0 Å². The maximum Gasteiger partial charge on any atom is 0.323 e. The molecule has 7 heteroatoms. The first-order valence-electron chi connectivity index (χ1n) is 8.43. The molecule has 3 rings (SSSR count). The molecule has 0 radical (unpaired) electrons. The van der Waals surface area contributed by atoms with Crippen molar-refractivity contribution in [3.8, 4) is 5.69 Å². The normalized spacial score (nSPS) is 15.9. The number of nitrogens with zero attached hydrogens (tertiary/aromatic N) is 2. The van der Waals surface area contributed by atoms with Crippen LogP contribution in [-0.2, 0) is 9.59 Å². The van der Waals surface area contributed by atoms with Gasteiger partial charge >= 0.3 is 5.97 Å². The number of carbonyl (C=O) groups excluding carboxylic acids is 2. The van der Waals surface area contributed by atoms with Gasteiger partial charge in [-0.05, 0) is 74.4 Å². The second-order valence-corrected chi connectivity index (χ2v) is 7.54. The Morgan fingerprint density at radius 3 is 2.56 bits per heavy atom. The molecule has 140 valence electrons. The Morgan fingerprint density at radius 2 is 1.89 bits per heavy atom. The van der Waals surface area contributed by atoms with Gasteiger partial charge in [-0.25, -0.2) is 0 Å². The van der Waals surface area contributed by atoms with Gasteiger partial charge in [-0.3, -0.25) is 19.3 Å². The summed E-state index contributed by atoms with van der Waals surface area (Å²) in [5, 5.41) is 8.31. The summed E-state index contributed by atoms with van der Waals surface area (Å²) in [7, 11) is 0. The fraction of sp³-hybridized carbons (Fsp3) is 0.250. The first-order chi connectivity index (χ1) is 12.7. The predicted octanol–water partition coefficient (Wildman–Crippen LogP) is 3.83. The summed E-state index contributed by atoms with van der Waals surface area (Å²) in [6, 6.07) is 8.08. The fourth-order valence-corrected chi connectivity index (χ4v) is 4.02. The number of hydrogen-bond acceptors (Lipinski definition) is 4. The summed E-state index contributed by atoms with van der Waals surface area (Å²) in [6.45, 7) is 7.46. The van der Waals surface area contributed by atoms with E-state index in [9.17, 15) is 14.4 Å². The Hall–Kier alpha value is -2.80. The molecule has 0 bridgehead atoms. The molecule has 1 fully saturated rings. The zero-order valence-electron chi connectivity index (χ0n) is 15.6. The average molecular weight is 384 g/mol. The van der Waals surface area contributed by atoms with Crippen LogP contribution in [0.2, 0.25) is 0 Å². The van der Waals surface area contributed by atoms with E-state index in [0.29, 0.717) is 0 Å². The zero-order valence-corrected chi connectivity index (χ0v) is 16.4. The molecule has 1 aliphatic rings. The second kappa shape index (κ2) is 7.08. The average Bonchev–Trinajstić information content (AvgIpc) is 3.01. The van der Waals surface area contributed by atoms with Crippen LogP contribution < -0.4 is 0 Å². The highest BCUT2D eigenvalue weighted by molar-refractivity contribution is 8.18. The van der Waals surface area contributed by atoms with Gasteiger partial charge < -0.3 is 9.67 Å². The number of aromatic nitrogens is 1. The maximum atomic E-state index is 12.4. The van der Waals surface area contributed by atoms with Crippen molar-refractivity contribution in [2.24, 2.45) is 0 Å². The predicted molar refractivity (Wildman–Crippen MR) is 105 cm³/mol. The van der Waals surface area contributed by atoms with Crippen LogP contribution in [0.5, 0.6) is 0 Å². The third-order valence-corrected chi connectivity index (χ3v) is 5.65. The number of amides is 2. The molecule has 0 saturated carbocycles. The number of benzene rings is 1. The number of rotatable bonds is 4. The molecular formula is C20H20N2O4S. The van der Waals surface area contributed by atoms with Gasteiger partial charge in [0.25, 0.3) is 11.1 Å². The molecule has 6 nitrogen and oxygen atoms in total. The maximum absolute atomic E-state index is 12.4. The highest BCUT2D eigenvalue weighted by atomic mass is 32.2. The molecule has 0 atom stereocenters. The molecular weight excluding hydrogens is 364 g/mol. The Balaban J connectivity index is 2.02. The van der Waals surface area contributed by atoms with Gasteiger partial charge in [0.05, 0.1) is 4.91 Å². The number of thioether (sulfide) groups is 1. The van der Waals surface area contributed by atoms with Gasteiger partial charge in [-0.15, -0.1) is 0 Å². The molecule has 1 N–H and O–H groups in total. The van der Waals surface area contributed by atoms with Gasteiger partial charge in [0.2, 0.25) is 0 Å². The van der Waals surface area contributed by atoms with E-state index in [1.54, 1.807) is 6.08 Å². The van der Waals surface area contributed by atoms with Crippen molar-refractivity contribution in [3.05, 3.63) is 57.2 Å². The largest absolute Gasteiger partial charge is 0.480 e. The first kappa shape index (κ1) is 19.0. The van der Waals surface area contributed by atoms with Crippen LogP contribution in [0, 0.1) is 27.7 Å². The lowest BCUT2D eigenvalue weighted by Crippen LogP contribution is -2.33. The quantitative estimate of drug-likeness (QED) is 0.811. The van der Waals surface area contributed by atoms with Crippen molar-refractivity contribution >= 4 is 35.0 Å². The SMILES string of the molecule is Cc1cccc(-n2c(C)cc(/C=C3/SC(=O)N(CC(=O)O)C3=O)c2C)c1C. The smallest absolute Gasteiger partial charge is 0.323 e. The van der Waals surface area contributed by atoms with E-state index >= 15 is 0 Å². The van der Waals surface area contributed by atoms with Crippen LogP contribution in [0.4, 0.5) is 4.79 Å². The van der Waals surface area contributed by atoms with Crippen LogP contribution in [0.3, 0.4) is 0 Å². The number of aryl methyl sites for hydroxylation is 2. The van der Waals surface area contributed by atoms with Gasteiger partial charge in [0.15, 0.2) is 0 Å². The number of carbonyl (C=O) groups is 3. The molecule has 0 unspecified atom stereocenters. The van der Waals surface area contributed by atoms with E-state index in [0.717, 1.165) is 39.3 Å². The lowest BCUT2D eigenvalue weighted by Gasteiger charge is -2.14. The highest BCUT2D eigenvalue weighted by Gasteiger charge is 2.36. The molecule has 1 saturated heterocycles. The number of hydrogen-bond donors (Lipinski definition) is 1. The van der Waals surface area contributed by atoms with E-state index in [4.69, 9.17) is 5.11 Å². The summed E-state index contributed by atoms with van der Waals surface area (Å²) in [5.41, 5.74) is 6.23. The topological polar surface area (TPSA) is 79.6 Å². The summed E-state index contributed by atoms with van der Waals surface area (Å²) in [6.07, 6.45) is 1.66. The van der Waals surface area contributed by atoms with Gasteiger partial charge in [-0.1, -0.05) is 12.1 Å². The van der Waals surface area contributed by atoms with Crippen molar-refractivity contribution in [2.75, 3.05) is 6.54 Å². The summed E-state index contributed by atoms with van der Waals surface area (Å²) < 4.78 is 2.12. The van der Waals surface area contributed by atoms with E-state index in [1.807, 2.05) is 32.0 Å². The van der Waals surface area contributed by atoms with E-state index in [-0.39, 0.29) is 4.91 Å². The third kappa shape index (κ3) is 3.42. The fourth-order valence-electron chi connectivity index (χ4n) is 3.20. The summed E-state index contributed by atoms with van der Waals surface area (Å²) in [4.78, 5) is 36.2. The van der Waals surface area contributed by atoms with E-state index in [1.165, 1.54) is 11.1 Å². The minimum atomic E-state index is -1.22. The molecule has 2 amide bonds. The first-order valence-corrected chi connectivity index (χ1v) is 9.25. The van der Waals surface area contributed by atoms with E-state index < -0.39 is 23.7 Å². The molecule has 1 aliphatic heterocycles. The zero-order chi connectivity index (χ0) is 19.9. The van der Waals surface area contributed by atoms with Crippen LogP contribution >= 0.6 is 11.8 Å². The van der Waals surface area contributed by atoms with Crippen molar-refractivity contribution in [3.63, 3.8) is 0 Å². The Bertz CT molecular complexity index is 1000. The third-order valence-electron chi connectivity index (χ3n) is 4.74. The minimum Gasteiger partial charge on any atom is -0.480 e. The van der Waals surface area contributed by atoms with E-state index in [2.05, 4.69) is 24.5 Å². The highest BCUT2D eigenvalue weighted by Crippen LogP contribution is 2.34. The summed E-state index contributed by atoms with van der Waals surface area (Å²) in [5.74, 6) is -1.78. The number of aliphatic carboxylic acids is 1. The molecule has 1 aromatic carbocycles. The van der Waals surface area contributed by atoms with Crippen LogP contribution in [-0.4, -0.2) is 38.2 Å². The van der Waals surface area contributed by atoms with Gasteiger partial charge in [0, 0.05) is 17.1 Å². The molecule has 1 aromatic heterocycles. The number of imide groups is 1. The Kier molecular flexibility index (Phi) is 4.97. The van der Waals surface area contributed by atoms with Gasteiger partial charge in [0.1, 0.15) is 6.54 Å². The van der Waals surface area contributed by atoms with Crippen LogP contribution in [0.15, 0.2) is 29.2 Å². The number of carboxylic acids is 1. The van der Waals surface area contributed by atoms with Crippen molar-refractivity contribution in [2.45, 2.75) is 27.7 Å². The van der Waals surface area contributed by atoms with Crippen molar-refractivity contribution in [1.82, 2.24) is 9.47 Å².